The first kappa shape index (κ1) is 24.8. The molecule has 0 amide bonds. The molecule has 7 heteroatoms. The number of benzene rings is 1. The summed E-state index contributed by atoms with van der Waals surface area (Å²) in [6, 6.07) is 4.03. The Labute approximate surface area is 174 Å². The van der Waals surface area contributed by atoms with E-state index in [9.17, 15) is 0 Å². The van der Waals surface area contributed by atoms with Crippen molar-refractivity contribution in [2.45, 2.75) is 46.3 Å². The molecule has 0 radical (unpaired) electrons. The van der Waals surface area contributed by atoms with Crippen molar-refractivity contribution < 1.29 is 4.74 Å². The van der Waals surface area contributed by atoms with Gasteiger partial charge in [0.25, 0.3) is 0 Å². The second-order valence-electron chi connectivity index (χ2n) is 6.79. The Hall–Kier alpha value is -1.20. The van der Waals surface area contributed by atoms with Gasteiger partial charge in [0.05, 0.1) is 0 Å². The summed E-state index contributed by atoms with van der Waals surface area (Å²) in [7, 11) is 0. The lowest BCUT2D eigenvalue weighted by atomic mass is 9.92. The summed E-state index contributed by atoms with van der Waals surface area (Å²) in [5.41, 5.74) is 12.8. The highest BCUT2D eigenvalue weighted by Crippen LogP contribution is 2.43. The van der Waals surface area contributed by atoms with Gasteiger partial charge in [0, 0.05) is 43.2 Å². The molecule has 0 spiro atoms. The average molecular weight is 421 g/mol. The molecule has 2 heterocycles. The number of nitrogens with zero attached hydrogens (tertiary/aromatic N) is 1. The van der Waals surface area contributed by atoms with E-state index >= 15 is 0 Å². The van der Waals surface area contributed by atoms with Gasteiger partial charge in [-0.3, -0.25) is 4.98 Å². The highest BCUT2D eigenvalue weighted by molar-refractivity contribution is 5.86. The molecule has 2 aromatic rings. The number of hydrogen-bond acceptors (Lipinski definition) is 4. The summed E-state index contributed by atoms with van der Waals surface area (Å²) < 4.78 is 6.35. The number of nitrogen functional groups attached to an aromatic ring is 1. The Morgan fingerprint density at radius 2 is 1.85 bits per heavy atom. The van der Waals surface area contributed by atoms with Gasteiger partial charge in [0.15, 0.2) is 0 Å². The molecule has 1 aliphatic rings. The molecule has 1 atom stereocenters. The lowest BCUT2D eigenvalue weighted by Gasteiger charge is -2.25. The van der Waals surface area contributed by atoms with E-state index in [0.29, 0.717) is 0 Å². The van der Waals surface area contributed by atoms with Gasteiger partial charge in [-0.15, -0.1) is 37.2 Å². The van der Waals surface area contributed by atoms with Crippen LogP contribution in [0.5, 0.6) is 5.75 Å². The number of anilines is 1. The zero-order valence-corrected chi connectivity index (χ0v) is 18.0. The third-order valence-electron chi connectivity index (χ3n) is 4.89. The third kappa shape index (κ3) is 4.74. The Morgan fingerprint density at radius 1 is 1.15 bits per heavy atom. The molecule has 4 nitrogen and oxygen atoms in total. The molecule has 1 aliphatic heterocycles. The fourth-order valence-corrected chi connectivity index (χ4v) is 3.29. The second kappa shape index (κ2) is 9.65. The molecule has 3 N–H and O–H groups in total. The SMILES string of the molecule is Cc1c(C)c2c(c(C)c1N)CC(C)(CNCc1cccnc1)O2.Cl.Cl.Cl. The van der Waals surface area contributed by atoms with Crippen LogP contribution in [0.2, 0.25) is 0 Å². The van der Waals surface area contributed by atoms with Crippen LogP contribution in [0.3, 0.4) is 0 Å². The van der Waals surface area contributed by atoms with Crippen LogP contribution < -0.4 is 15.8 Å². The van der Waals surface area contributed by atoms with E-state index in [1.54, 1.807) is 6.20 Å². The van der Waals surface area contributed by atoms with Crippen LogP contribution >= 0.6 is 37.2 Å². The summed E-state index contributed by atoms with van der Waals surface area (Å²) in [6.07, 6.45) is 4.57. The molecule has 1 aromatic carbocycles. The van der Waals surface area contributed by atoms with E-state index < -0.39 is 0 Å². The van der Waals surface area contributed by atoms with Crippen molar-refractivity contribution in [2.24, 2.45) is 0 Å². The van der Waals surface area contributed by atoms with Crippen molar-refractivity contribution in [2.75, 3.05) is 12.3 Å². The molecule has 0 bridgehead atoms. The molecule has 1 aromatic heterocycles. The number of aromatic nitrogens is 1. The van der Waals surface area contributed by atoms with Crippen LogP contribution in [0.4, 0.5) is 5.69 Å². The first-order valence-corrected chi connectivity index (χ1v) is 8.08. The zero-order chi connectivity index (χ0) is 16.6. The van der Waals surface area contributed by atoms with Crippen molar-refractivity contribution in [3.63, 3.8) is 0 Å². The lowest BCUT2D eigenvalue weighted by molar-refractivity contribution is 0.113. The highest BCUT2D eigenvalue weighted by Gasteiger charge is 2.37. The van der Waals surface area contributed by atoms with Gasteiger partial charge in [-0.2, -0.15) is 0 Å². The molecule has 0 saturated heterocycles. The molecular weight excluding hydrogens is 393 g/mol. The number of fused-ring (bicyclic) bond motifs is 1. The van der Waals surface area contributed by atoms with E-state index in [1.165, 1.54) is 22.3 Å². The summed E-state index contributed by atoms with van der Waals surface area (Å²) in [5.74, 6) is 1.03. The largest absolute Gasteiger partial charge is 0.485 e. The maximum Gasteiger partial charge on any atom is 0.127 e. The van der Waals surface area contributed by atoms with Crippen LogP contribution in [0.1, 0.15) is 34.7 Å². The summed E-state index contributed by atoms with van der Waals surface area (Å²) >= 11 is 0. The minimum Gasteiger partial charge on any atom is -0.485 e. The smallest absolute Gasteiger partial charge is 0.127 e. The molecule has 1 unspecified atom stereocenters. The maximum absolute atomic E-state index is 6.35. The molecule has 146 valence electrons. The lowest BCUT2D eigenvalue weighted by Crippen LogP contribution is -2.41. The number of nitrogens with two attached hydrogens (primary N) is 1. The van der Waals surface area contributed by atoms with Gasteiger partial charge in [-0.25, -0.2) is 0 Å². The number of pyridine rings is 1. The van der Waals surface area contributed by atoms with Gasteiger partial charge in [-0.05, 0) is 56.0 Å². The summed E-state index contributed by atoms with van der Waals surface area (Å²) in [5, 5.41) is 3.49. The average Bonchev–Trinajstić information content (AvgIpc) is 2.90. The Kier molecular flexibility index (Phi) is 9.21. The van der Waals surface area contributed by atoms with E-state index in [1.807, 2.05) is 12.3 Å². The van der Waals surface area contributed by atoms with Crippen LogP contribution in [0.15, 0.2) is 24.5 Å². The Morgan fingerprint density at radius 3 is 2.46 bits per heavy atom. The standard InChI is InChI=1S/C19H25N3O.3ClH/c1-12-13(2)18-16(14(3)17(12)20)8-19(4,23-18)11-22-10-15-6-5-7-21-9-15;;;/h5-7,9,22H,8,10-11,20H2,1-4H3;3*1H. The first-order chi connectivity index (χ1) is 10.9. The minimum absolute atomic E-state index is 0. The van der Waals surface area contributed by atoms with E-state index in [2.05, 4.69) is 44.1 Å². The minimum atomic E-state index is -0.236. The highest BCUT2D eigenvalue weighted by atomic mass is 35.5. The summed E-state index contributed by atoms with van der Waals surface area (Å²) in [6.45, 7) is 10.00. The maximum atomic E-state index is 6.35. The first-order valence-electron chi connectivity index (χ1n) is 8.08. The molecule has 26 heavy (non-hydrogen) atoms. The number of nitrogens with one attached hydrogen (secondary N) is 1. The monoisotopic (exact) mass is 419 g/mol. The van der Waals surface area contributed by atoms with Gasteiger partial charge in [0.1, 0.15) is 11.4 Å². The Bertz CT molecular complexity index is 702. The van der Waals surface area contributed by atoms with E-state index in [-0.39, 0.29) is 42.8 Å². The number of hydrogen-bond donors (Lipinski definition) is 2. The third-order valence-corrected chi connectivity index (χ3v) is 4.89. The molecule has 0 saturated carbocycles. The quantitative estimate of drug-likeness (QED) is 0.722. The molecular formula is C19H28Cl3N3O. The predicted molar refractivity (Wildman–Crippen MR) is 115 cm³/mol. The van der Waals surface area contributed by atoms with Gasteiger partial charge < -0.3 is 15.8 Å². The normalized spacial score (nSPS) is 17.2. The van der Waals surface area contributed by atoms with Crippen LogP contribution in [-0.2, 0) is 13.0 Å². The zero-order valence-electron chi connectivity index (χ0n) is 15.6. The van der Waals surface area contributed by atoms with Crippen molar-refractivity contribution in [3.8, 4) is 5.75 Å². The summed E-state index contributed by atoms with van der Waals surface area (Å²) in [4.78, 5) is 4.14. The van der Waals surface area contributed by atoms with Crippen molar-refractivity contribution in [1.29, 1.82) is 0 Å². The van der Waals surface area contributed by atoms with Gasteiger partial charge in [0.2, 0.25) is 0 Å². The topological polar surface area (TPSA) is 60.2 Å². The van der Waals surface area contributed by atoms with E-state index in [4.69, 9.17) is 10.5 Å². The van der Waals surface area contributed by atoms with Crippen LogP contribution in [-0.4, -0.2) is 17.1 Å². The van der Waals surface area contributed by atoms with Crippen molar-refractivity contribution in [3.05, 3.63) is 52.3 Å². The number of halogens is 3. The van der Waals surface area contributed by atoms with E-state index in [0.717, 1.165) is 36.5 Å². The van der Waals surface area contributed by atoms with Crippen LogP contribution in [0.25, 0.3) is 0 Å². The second-order valence-corrected chi connectivity index (χ2v) is 6.79. The van der Waals surface area contributed by atoms with Crippen LogP contribution in [0, 0.1) is 20.8 Å². The predicted octanol–water partition coefficient (Wildman–Crippen LogP) is 4.34. The Balaban J connectivity index is 0.00000208. The molecule has 3 rings (SSSR count). The fraction of sp³-hybridized carbons (Fsp3) is 0.421. The molecule has 0 aliphatic carbocycles. The van der Waals surface area contributed by atoms with Crippen molar-refractivity contribution in [1.82, 2.24) is 10.3 Å². The van der Waals surface area contributed by atoms with Crippen molar-refractivity contribution >= 4 is 42.9 Å². The number of rotatable bonds is 4. The molecule has 0 fully saturated rings. The van der Waals surface area contributed by atoms with Gasteiger partial charge in [-0.1, -0.05) is 6.07 Å². The van der Waals surface area contributed by atoms with Gasteiger partial charge >= 0.3 is 0 Å². The fourth-order valence-electron chi connectivity index (χ4n) is 3.29. The number of ether oxygens (including phenoxy) is 1.